The molecule has 0 unspecified atom stereocenters. The first-order valence-electron chi connectivity index (χ1n) is 3.47. The van der Waals surface area contributed by atoms with Crippen molar-refractivity contribution >= 4 is 21.7 Å². The molecule has 7 heteroatoms. The summed E-state index contributed by atoms with van der Waals surface area (Å²) in [5.74, 6) is -0.144. The topological polar surface area (TPSA) is 43.8 Å². The summed E-state index contributed by atoms with van der Waals surface area (Å²) in [6.07, 6.45) is -4.43. The van der Waals surface area contributed by atoms with E-state index in [1.54, 1.807) is 6.92 Å². The highest BCUT2D eigenvalue weighted by molar-refractivity contribution is 9.10. The maximum absolute atomic E-state index is 12.4. The number of rotatable bonds is 1. The van der Waals surface area contributed by atoms with Gasteiger partial charge in [0, 0.05) is 6.54 Å². The average molecular weight is 258 g/mol. The van der Waals surface area contributed by atoms with E-state index in [1.807, 2.05) is 0 Å². The molecule has 1 heterocycles. The van der Waals surface area contributed by atoms with Crippen molar-refractivity contribution in [1.82, 2.24) is 9.78 Å². The third kappa shape index (κ3) is 1.79. The summed E-state index contributed by atoms with van der Waals surface area (Å²) in [6, 6.07) is 0. The van der Waals surface area contributed by atoms with Gasteiger partial charge in [0.2, 0.25) is 0 Å². The summed E-state index contributed by atoms with van der Waals surface area (Å²) < 4.78 is 37.7. The van der Waals surface area contributed by atoms with E-state index in [0.717, 1.165) is 4.68 Å². The summed E-state index contributed by atoms with van der Waals surface area (Å²) >= 11 is 2.75. The molecule has 0 saturated carbocycles. The molecule has 0 spiro atoms. The number of aryl methyl sites for hydroxylation is 1. The number of hydrogen-bond acceptors (Lipinski definition) is 2. The van der Waals surface area contributed by atoms with Gasteiger partial charge in [-0.05, 0) is 22.9 Å². The maximum Gasteiger partial charge on any atom is 0.434 e. The molecule has 3 nitrogen and oxygen atoms in total. The smallest absolute Gasteiger partial charge is 0.381 e. The first-order valence-corrected chi connectivity index (χ1v) is 4.26. The Labute approximate surface area is 80.8 Å². The molecule has 1 aromatic heterocycles. The molecule has 0 aromatic carbocycles. The second-order valence-corrected chi connectivity index (χ2v) is 3.15. The van der Waals surface area contributed by atoms with Crippen molar-refractivity contribution in [3.05, 3.63) is 10.2 Å². The number of alkyl halides is 3. The second kappa shape index (κ2) is 3.21. The molecule has 0 bridgehead atoms. The molecule has 0 aliphatic heterocycles. The number of hydrogen-bond donors (Lipinski definition) is 1. The fourth-order valence-corrected chi connectivity index (χ4v) is 1.47. The van der Waals surface area contributed by atoms with Gasteiger partial charge in [0.25, 0.3) is 0 Å². The third-order valence-corrected chi connectivity index (χ3v) is 2.27. The average Bonchev–Trinajstić information content (AvgIpc) is 2.26. The van der Waals surface area contributed by atoms with Crippen LogP contribution in [0.1, 0.15) is 12.6 Å². The van der Waals surface area contributed by atoms with Gasteiger partial charge in [-0.1, -0.05) is 0 Å². The number of anilines is 1. The quantitative estimate of drug-likeness (QED) is 0.839. The molecule has 13 heavy (non-hydrogen) atoms. The van der Waals surface area contributed by atoms with Gasteiger partial charge in [-0.15, -0.1) is 0 Å². The van der Waals surface area contributed by atoms with Crippen molar-refractivity contribution in [3.8, 4) is 0 Å². The minimum Gasteiger partial charge on any atom is -0.381 e. The molecular formula is C6H7BrF3N3. The Morgan fingerprint density at radius 3 is 2.38 bits per heavy atom. The lowest BCUT2D eigenvalue weighted by atomic mass is 10.4. The Morgan fingerprint density at radius 2 is 2.08 bits per heavy atom. The van der Waals surface area contributed by atoms with Crippen molar-refractivity contribution in [2.24, 2.45) is 0 Å². The largest absolute Gasteiger partial charge is 0.434 e. The van der Waals surface area contributed by atoms with Crippen LogP contribution in [0.15, 0.2) is 4.47 Å². The zero-order valence-corrected chi connectivity index (χ0v) is 8.28. The van der Waals surface area contributed by atoms with Gasteiger partial charge in [0.15, 0.2) is 11.5 Å². The second-order valence-electron chi connectivity index (χ2n) is 2.36. The molecular weight excluding hydrogens is 251 g/mol. The molecule has 0 fully saturated rings. The molecule has 0 amide bonds. The molecule has 0 atom stereocenters. The van der Waals surface area contributed by atoms with Crippen molar-refractivity contribution in [2.75, 3.05) is 5.73 Å². The zero-order valence-electron chi connectivity index (χ0n) is 6.69. The van der Waals surface area contributed by atoms with Gasteiger partial charge < -0.3 is 5.73 Å². The third-order valence-electron chi connectivity index (χ3n) is 1.49. The SMILES string of the molecule is CCn1nc(N)c(Br)c1C(F)(F)F. The van der Waals surface area contributed by atoms with Crippen LogP contribution in [0.3, 0.4) is 0 Å². The number of aromatic nitrogens is 2. The fraction of sp³-hybridized carbons (Fsp3) is 0.500. The van der Waals surface area contributed by atoms with Gasteiger partial charge in [0.05, 0.1) is 4.47 Å². The van der Waals surface area contributed by atoms with Crippen LogP contribution >= 0.6 is 15.9 Å². The molecule has 74 valence electrons. The van der Waals surface area contributed by atoms with Gasteiger partial charge in [-0.3, -0.25) is 4.68 Å². The molecule has 2 N–H and O–H groups in total. The van der Waals surface area contributed by atoms with Gasteiger partial charge >= 0.3 is 6.18 Å². The van der Waals surface area contributed by atoms with Crippen molar-refractivity contribution < 1.29 is 13.2 Å². The van der Waals surface area contributed by atoms with Gasteiger partial charge in [-0.25, -0.2) is 0 Å². The molecule has 0 aliphatic carbocycles. The summed E-state index contributed by atoms with van der Waals surface area (Å²) in [5.41, 5.74) is 4.39. The maximum atomic E-state index is 12.4. The lowest BCUT2D eigenvalue weighted by Gasteiger charge is -2.08. The number of halogens is 4. The Balaban J connectivity index is 3.33. The lowest BCUT2D eigenvalue weighted by Crippen LogP contribution is -2.14. The van der Waals surface area contributed by atoms with Crippen molar-refractivity contribution in [2.45, 2.75) is 19.6 Å². The number of nitrogens with two attached hydrogens (primary N) is 1. The Morgan fingerprint density at radius 1 is 1.54 bits per heavy atom. The van der Waals surface area contributed by atoms with Crippen molar-refractivity contribution in [3.63, 3.8) is 0 Å². The van der Waals surface area contributed by atoms with Crippen molar-refractivity contribution in [1.29, 1.82) is 0 Å². The summed E-state index contributed by atoms with van der Waals surface area (Å²) in [4.78, 5) is 0. The van der Waals surface area contributed by atoms with Gasteiger partial charge in [0.1, 0.15) is 0 Å². The predicted octanol–water partition coefficient (Wildman–Crippen LogP) is 2.27. The van der Waals surface area contributed by atoms with Crippen LogP contribution in [0.5, 0.6) is 0 Å². The molecule has 0 aliphatic rings. The molecule has 0 saturated heterocycles. The van der Waals surface area contributed by atoms with Crippen LogP contribution in [-0.2, 0) is 12.7 Å². The fourth-order valence-electron chi connectivity index (χ4n) is 0.958. The van der Waals surface area contributed by atoms with E-state index in [1.165, 1.54) is 0 Å². The molecule has 1 rings (SSSR count). The lowest BCUT2D eigenvalue weighted by molar-refractivity contribution is -0.144. The van der Waals surface area contributed by atoms with E-state index in [-0.39, 0.29) is 16.8 Å². The Bertz CT molecular complexity index is 318. The molecule has 0 radical (unpaired) electrons. The van der Waals surface area contributed by atoms with E-state index >= 15 is 0 Å². The highest BCUT2D eigenvalue weighted by atomic mass is 79.9. The monoisotopic (exact) mass is 257 g/mol. The van der Waals surface area contributed by atoms with E-state index in [4.69, 9.17) is 5.73 Å². The normalized spacial score (nSPS) is 12.1. The predicted molar refractivity (Wildman–Crippen MR) is 45.0 cm³/mol. The minimum absolute atomic E-state index is 0.130. The van der Waals surface area contributed by atoms with Crippen LogP contribution < -0.4 is 5.73 Å². The minimum atomic E-state index is -4.43. The number of nitrogens with zero attached hydrogens (tertiary/aromatic N) is 2. The Hall–Kier alpha value is -0.720. The van der Waals surface area contributed by atoms with Gasteiger partial charge in [-0.2, -0.15) is 18.3 Å². The first-order chi connectivity index (χ1) is 5.88. The van der Waals surface area contributed by atoms with E-state index in [2.05, 4.69) is 21.0 Å². The first kappa shape index (κ1) is 10.4. The number of nitrogen functional groups attached to an aromatic ring is 1. The standard InChI is InChI=1S/C6H7BrF3N3/c1-2-13-4(6(8,9)10)3(7)5(11)12-13/h2H2,1H3,(H2,11,12). The van der Waals surface area contributed by atoms with Crippen LogP contribution in [0.25, 0.3) is 0 Å². The highest BCUT2D eigenvalue weighted by Gasteiger charge is 2.38. The van der Waals surface area contributed by atoms with E-state index in [9.17, 15) is 13.2 Å². The van der Waals surface area contributed by atoms with Crippen LogP contribution in [-0.4, -0.2) is 9.78 Å². The van der Waals surface area contributed by atoms with E-state index < -0.39 is 11.9 Å². The summed E-state index contributed by atoms with van der Waals surface area (Å²) in [5, 5.41) is 3.52. The van der Waals surface area contributed by atoms with Crippen LogP contribution in [0.4, 0.5) is 19.0 Å². The van der Waals surface area contributed by atoms with Crippen LogP contribution in [0.2, 0.25) is 0 Å². The Kier molecular flexibility index (Phi) is 2.56. The summed E-state index contributed by atoms with van der Waals surface area (Å²) in [6.45, 7) is 1.69. The highest BCUT2D eigenvalue weighted by Crippen LogP contribution is 2.37. The van der Waals surface area contributed by atoms with Crippen LogP contribution in [0, 0.1) is 0 Å². The zero-order chi connectivity index (χ0) is 10.2. The summed E-state index contributed by atoms with van der Waals surface area (Å²) in [7, 11) is 0. The molecule has 1 aromatic rings. The van der Waals surface area contributed by atoms with E-state index in [0.29, 0.717) is 0 Å².